The van der Waals surface area contributed by atoms with Crippen molar-refractivity contribution in [1.29, 1.82) is 0 Å². The number of nitrogens with zero attached hydrogens (tertiary/aromatic N) is 1. The van der Waals surface area contributed by atoms with Crippen LogP contribution in [0, 0.1) is 5.92 Å². The minimum Gasteiger partial charge on any atom is -0.481 e. The predicted octanol–water partition coefficient (Wildman–Crippen LogP) is 3.29. The molecular formula is C19H28N2O3. The Labute approximate surface area is 144 Å². The van der Waals surface area contributed by atoms with Crippen LogP contribution < -0.4 is 5.32 Å². The number of likely N-dealkylation sites (tertiary alicyclic amines) is 1. The standard InChI is InChI=1S/C19H28N2O3/c1-14-12-19(2,3)21(13-14)18(24)20-16(9-10-17(22)23)11-15-7-5-4-6-8-15/h4-8,14,16H,9-13H2,1-3H3,(H,20,24)(H,22,23). The Morgan fingerprint density at radius 2 is 2.00 bits per heavy atom. The van der Waals surface area contributed by atoms with Crippen molar-refractivity contribution in [3.8, 4) is 0 Å². The number of hydrogen-bond donors (Lipinski definition) is 2. The van der Waals surface area contributed by atoms with Crippen molar-refractivity contribution in [2.24, 2.45) is 5.92 Å². The summed E-state index contributed by atoms with van der Waals surface area (Å²) in [6.07, 6.45) is 2.11. The van der Waals surface area contributed by atoms with E-state index in [1.54, 1.807) is 0 Å². The van der Waals surface area contributed by atoms with E-state index >= 15 is 0 Å². The van der Waals surface area contributed by atoms with Gasteiger partial charge in [-0.2, -0.15) is 0 Å². The molecule has 0 radical (unpaired) electrons. The first kappa shape index (κ1) is 18.3. The van der Waals surface area contributed by atoms with Gasteiger partial charge in [0.25, 0.3) is 0 Å². The van der Waals surface area contributed by atoms with Crippen LogP contribution in [0.4, 0.5) is 4.79 Å². The van der Waals surface area contributed by atoms with Crippen LogP contribution in [-0.4, -0.2) is 40.1 Å². The first-order chi connectivity index (χ1) is 11.3. The van der Waals surface area contributed by atoms with Crippen LogP contribution in [-0.2, 0) is 11.2 Å². The molecule has 1 aromatic rings. The molecule has 2 N–H and O–H groups in total. The lowest BCUT2D eigenvalue weighted by molar-refractivity contribution is -0.137. The van der Waals surface area contributed by atoms with Gasteiger partial charge in [0.1, 0.15) is 0 Å². The zero-order chi connectivity index (χ0) is 17.7. The van der Waals surface area contributed by atoms with E-state index < -0.39 is 5.97 Å². The van der Waals surface area contributed by atoms with E-state index in [2.05, 4.69) is 26.1 Å². The number of hydrogen-bond acceptors (Lipinski definition) is 2. The van der Waals surface area contributed by atoms with Gasteiger partial charge >= 0.3 is 12.0 Å². The summed E-state index contributed by atoms with van der Waals surface area (Å²) in [6.45, 7) is 7.07. The van der Waals surface area contributed by atoms with Crippen molar-refractivity contribution in [3.05, 3.63) is 35.9 Å². The van der Waals surface area contributed by atoms with Crippen molar-refractivity contribution >= 4 is 12.0 Å². The first-order valence-corrected chi connectivity index (χ1v) is 8.62. The van der Waals surface area contributed by atoms with Gasteiger partial charge in [-0.25, -0.2) is 4.79 Å². The van der Waals surface area contributed by atoms with Crippen LogP contribution in [0.1, 0.15) is 45.6 Å². The minimum atomic E-state index is -0.836. The highest BCUT2D eigenvalue weighted by molar-refractivity contribution is 5.76. The molecule has 2 amide bonds. The fourth-order valence-corrected chi connectivity index (χ4v) is 3.62. The van der Waals surface area contributed by atoms with E-state index in [1.165, 1.54) is 0 Å². The van der Waals surface area contributed by atoms with Crippen LogP contribution in [0.5, 0.6) is 0 Å². The average molecular weight is 332 g/mol. The van der Waals surface area contributed by atoms with E-state index in [0.717, 1.165) is 18.5 Å². The summed E-state index contributed by atoms with van der Waals surface area (Å²) in [6, 6.07) is 9.60. The molecule has 132 valence electrons. The molecule has 0 aliphatic carbocycles. The molecule has 2 unspecified atom stereocenters. The van der Waals surface area contributed by atoms with Gasteiger partial charge in [0.15, 0.2) is 0 Å². The summed E-state index contributed by atoms with van der Waals surface area (Å²) in [5.41, 5.74) is 0.940. The molecule has 1 aromatic carbocycles. The van der Waals surface area contributed by atoms with Crippen LogP contribution in [0.3, 0.4) is 0 Å². The summed E-state index contributed by atoms with van der Waals surface area (Å²) < 4.78 is 0. The molecule has 5 heteroatoms. The number of amides is 2. The number of carbonyl (C=O) groups is 2. The second-order valence-electron chi connectivity index (χ2n) is 7.50. The van der Waals surface area contributed by atoms with E-state index in [0.29, 0.717) is 18.8 Å². The molecule has 1 fully saturated rings. The molecule has 2 rings (SSSR count). The summed E-state index contributed by atoms with van der Waals surface area (Å²) in [7, 11) is 0. The minimum absolute atomic E-state index is 0.0532. The Bertz CT molecular complexity index is 571. The van der Waals surface area contributed by atoms with Crippen LogP contribution in [0.25, 0.3) is 0 Å². The Kier molecular flexibility index (Phi) is 5.86. The number of carboxylic acids is 1. The Hall–Kier alpha value is -2.04. The van der Waals surface area contributed by atoms with Crippen molar-refractivity contribution in [2.45, 2.75) is 58.0 Å². The Morgan fingerprint density at radius 3 is 2.54 bits per heavy atom. The van der Waals surface area contributed by atoms with Crippen LogP contribution >= 0.6 is 0 Å². The summed E-state index contributed by atoms with van der Waals surface area (Å²) in [5.74, 6) is -0.352. The number of benzene rings is 1. The second kappa shape index (κ2) is 7.69. The predicted molar refractivity (Wildman–Crippen MR) is 93.9 cm³/mol. The molecule has 1 aliphatic heterocycles. The number of carbonyl (C=O) groups excluding carboxylic acids is 1. The average Bonchev–Trinajstić information content (AvgIpc) is 2.78. The van der Waals surface area contributed by atoms with E-state index in [9.17, 15) is 9.59 Å². The SMILES string of the molecule is CC1CN(C(=O)NC(CCC(=O)O)Cc2ccccc2)C(C)(C)C1. The highest BCUT2D eigenvalue weighted by atomic mass is 16.4. The largest absolute Gasteiger partial charge is 0.481 e. The fourth-order valence-electron chi connectivity index (χ4n) is 3.62. The lowest BCUT2D eigenvalue weighted by Crippen LogP contribution is -2.51. The second-order valence-corrected chi connectivity index (χ2v) is 7.50. The molecule has 0 bridgehead atoms. The zero-order valence-electron chi connectivity index (χ0n) is 14.8. The van der Waals surface area contributed by atoms with Gasteiger partial charge in [0.05, 0.1) is 0 Å². The third-order valence-corrected chi connectivity index (χ3v) is 4.68. The molecule has 1 saturated heterocycles. The normalized spacial score (nSPS) is 20.6. The van der Waals surface area contributed by atoms with Crippen LogP contribution in [0.2, 0.25) is 0 Å². The quantitative estimate of drug-likeness (QED) is 0.840. The van der Waals surface area contributed by atoms with E-state index in [-0.39, 0.29) is 24.0 Å². The molecule has 0 spiro atoms. The molecule has 0 saturated carbocycles. The summed E-state index contributed by atoms with van der Waals surface area (Å²) in [5, 5.41) is 12.0. The molecule has 24 heavy (non-hydrogen) atoms. The van der Waals surface area contributed by atoms with Gasteiger partial charge in [0, 0.05) is 24.5 Å². The van der Waals surface area contributed by atoms with Crippen molar-refractivity contribution < 1.29 is 14.7 Å². The van der Waals surface area contributed by atoms with Gasteiger partial charge < -0.3 is 15.3 Å². The van der Waals surface area contributed by atoms with Gasteiger partial charge in [-0.1, -0.05) is 37.3 Å². The number of aliphatic carboxylic acids is 1. The summed E-state index contributed by atoms with van der Waals surface area (Å²) in [4.78, 5) is 25.5. The van der Waals surface area contributed by atoms with Gasteiger partial charge in [0.2, 0.25) is 0 Å². The third kappa shape index (κ3) is 4.98. The third-order valence-electron chi connectivity index (χ3n) is 4.68. The maximum atomic E-state index is 12.7. The lowest BCUT2D eigenvalue weighted by Gasteiger charge is -2.33. The van der Waals surface area contributed by atoms with Crippen molar-refractivity contribution in [1.82, 2.24) is 10.2 Å². The van der Waals surface area contributed by atoms with E-state index in [1.807, 2.05) is 35.2 Å². The monoisotopic (exact) mass is 332 g/mol. The van der Waals surface area contributed by atoms with E-state index in [4.69, 9.17) is 5.11 Å². The van der Waals surface area contributed by atoms with Crippen molar-refractivity contribution in [3.63, 3.8) is 0 Å². The maximum Gasteiger partial charge on any atom is 0.318 e. The van der Waals surface area contributed by atoms with Gasteiger partial charge in [-0.3, -0.25) is 4.79 Å². The zero-order valence-corrected chi connectivity index (χ0v) is 14.8. The Morgan fingerprint density at radius 1 is 1.33 bits per heavy atom. The smallest absolute Gasteiger partial charge is 0.318 e. The molecule has 0 aromatic heterocycles. The molecule has 1 heterocycles. The van der Waals surface area contributed by atoms with Crippen LogP contribution in [0.15, 0.2) is 30.3 Å². The molecule has 5 nitrogen and oxygen atoms in total. The Balaban J connectivity index is 2.03. The number of urea groups is 1. The van der Waals surface area contributed by atoms with Gasteiger partial charge in [-0.05, 0) is 44.6 Å². The van der Waals surface area contributed by atoms with Crippen molar-refractivity contribution in [2.75, 3.05) is 6.54 Å². The molecule has 1 aliphatic rings. The first-order valence-electron chi connectivity index (χ1n) is 8.62. The number of carboxylic acid groups (broad SMARTS) is 1. The highest BCUT2D eigenvalue weighted by Gasteiger charge is 2.39. The fraction of sp³-hybridized carbons (Fsp3) is 0.579. The van der Waals surface area contributed by atoms with Gasteiger partial charge in [-0.15, -0.1) is 0 Å². The topological polar surface area (TPSA) is 69.6 Å². The molecular weight excluding hydrogens is 304 g/mol. The molecule has 2 atom stereocenters. The summed E-state index contributed by atoms with van der Waals surface area (Å²) >= 11 is 0. The number of nitrogens with one attached hydrogen (secondary N) is 1. The number of rotatable bonds is 6. The lowest BCUT2D eigenvalue weighted by atomic mass is 9.98. The maximum absolute atomic E-state index is 12.7. The highest BCUT2D eigenvalue weighted by Crippen LogP contribution is 2.32.